The van der Waals surface area contributed by atoms with Gasteiger partial charge in [-0.15, -0.1) is 0 Å². The number of aliphatic hydroxyl groups excluding tert-OH is 1. The second-order valence-corrected chi connectivity index (χ2v) is 7.39. The molecule has 1 amide bonds. The van der Waals surface area contributed by atoms with Crippen LogP contribution >= 0.6 is 0 Å². The summed E-state index contributed by atoms with van der Waals surface area (Å²) in [7, 11) is 0. The predicted molar refractivity (Wildman–Crippen MR) is 110 cm³/mol. The van der Waals surface area contributed by atoms with E-state index in [0.29, 0.717) is 5.56 Å². The fourth-order valence-electron chi connectivity index (χ4n) is 3.56. The Kier molecular flexibility index (Phi) is 7.02. The first-order valence-corrected chi connectivity index (χ1v) is 10.0. The Balaban J connectivity index is 1.50. The summed E-state index contributed by atoms with van der Waals surface area (Å²) < 4.78 is 0. The number of aliphatic hydroxyl groups is 1. The molecule has 1 aliphatic heterocycles. The highest BCUT2D eigenvalue weighted by molar-refractivity contribution is 5.95. The van der Waals surface area contributed by atoms with Crippen molar-refractivity contribution in [1.82, 2.24) is 10.2 Å². The molecule has 1 fully saturated rings. The van der Waals surface area contributed by atoms with Crippen LogP contribution in [-0.2, 0) is 0 Å². The van der Waals surface area contributed by atoms with Crippen molar-refractivity contribution in [3.63, 3.8) is 0 Å². The van der Waals surface area contributed by atoms with Gasteiger partial charge >= 0.3 is 0 Å². The Bertz CT molecular complexity index is 734. The molecule has 0 aromatic heterocycles. The van der Waals surface area contributed by atoms with Crippen LogP contribution in [0.4, 0.5) is 0 Å². The van der Waals surface area contributed by atoms with E-state index in [1.54, 1.807) is 6.92 Å². The fourth-order valence-corrected chi connectivity index (χ4v) is 3.56. The normalized spacial score (nSPS) is 15.6. The summed E-state index contributed by atoms with van der Waals surface area (Å²) in [6, 6.07) is 15.5. The Morgan fingerprint density at radius 3 is 2.52 bits per heavy atom. The second kappa shape index (κ2) is 9.67. The average molecular weight is 367 g/mol. The van der Waals surface area contributed by atoms with Crippen LogP contribution in [0.15, 0.2) is 48.5 Å². The van der Waals surface area contributed by atoms with Crippen molar-refractivity contribution in [3.8, 4) is 11.1 Å². The van der Waals surface area contributed by atoms with Crippen molar-refractivity contribution in [3.05, 3.63) is 59.7 Å². The Hall–Kier alpha value is -2.17. The number of hydrogen-bond donors (Lipinski definition) is 2. The largest absolute Gasteiger partial charge is 0.389 e. The molecule has 1 aliphatic rings. The lowest BCUT2D eigenvalue weighted by Crippen LogP contribution is -2.26. The lowest BCUT2D eigenvalue weighted by atomic mass is 10.0. The highest BCUT2D eigenvalue weighted by atomic mass is 16.3. The highest BCUT2D eigenvalue weighted by Gasteiger charge is 2.11. The first-order valence-electron chi connectivity index (χ1n) is 10.0. The maximum Gasteiger partial charge on any atom is 0.251 e. The molecular formula is C23H30N2O2. The third-order valence-corrected chi connectivity index (χ3v) is 5.24. The van der Waals surface area contributed by atoms with Crippen LogP contribution in [0, 0.1) is 0 Å². The summed E-state index contributed by atoms with van der Waals surface area (Å²) in [4.78, 5) is 14.9. The molecule has 4 nitrogen and oxygen atoms in total. The number of benzene rings is 2. The zero-order valence-electron chi connectivity index (χ0n) is 16.2. The smallest absolute Gasteiger partial charge is 0.251 e. The molecule has 0 aliphatic carbocycles. The molecule has 4 heteroatoms. The summed E-state index contributed by atoms with van der Waals surface area (Å²) in [6.07, 6.45) is 4.34. The summed E-state index contributed by atoms with van der Waals surface area (Å²) in [5, 5.41) is 12.7. The van der Waals surface area contributed by atoms with E-state index in [1.807, 2.05) is 48.5 Å². The van der Waals surface area contributed by atoms with Gasteiger partial charge in [0.2, 0.25) is 0 Å². The first-order chi connectivity index (χ1) is 13.1. The number of nitrogens with zero attached hydrogens (tertiary/aromatic N) is 1. The van der Waals surface area contributed by atoms with Crippen LogP contribution in [0.2, 0.25) is 0 Å². The standard InChI is InChI=1S/C23H30N2O2/c1-18(26)19-9-11-20(12-10-19)21-7-6-8-22(17-21)23(27)24-13-2-3-14-25-15-4-5-16-25/h6-12,17-18,26H,2-5,13-16H2,1H3,(H,24,27). The van der Waals surface area contributed by atoms with Gasteiger partial charge in [0, 0.05) is 12.1 Å². The molecule has 1 saturated heterocycles. The molecule has 1 unspecified atom stereocenters. The van der Waals surface area contributed by atoms with Gasteiger partial charge in [-0.25, -0.2) is 0 Å². The second-order valence-electron chi connectivity index (χ2n) is 7.39. The van der Waals surface area contributed by atoms with Crippen LogP contribution in [0.3, 0.4) is 0 Å². The predicted octanol–water partition coefficient (Wildman–Crippen LogP) is 4.01. The SMILES string of the molecule is CC(O)c1ccc(-c2cccc(C(=O)NCCCCN3CCCC3)c2)cc1. The van der Waals surface area contributed by atoms with Gasteiger partial charge in [-0.3, -0.25) is 4.79 Å². The molecule has 0 bridgehead atoms. The molecule has 0 spiro atoms. The number of nitrogens with one attached hydrogen (secondary N) is 1. The Morgan fingerprint density at radius 1 is 1.07 bits per heavy atom. The maximum atomic E-state index is 12.4. The van der Waals surface area contributed by atoms with Crippen LogP contribution in [-0.4, -0.2) is 42.1 Å². The summed E-state index contributed by atoms with van der Waals surface area (Å²) >= 11 is 0. The number of rotatable bonds is 8. The highest BCUT2D eigenvalue weighted by Crippen LogP contribution is 2.23. The van der Waals surface area contributed by atoms with Crippen molar-refractivity contribution in [2.45, 2.75) is 38.7 Å². The molecule has 2 aromatic rings. The van der Waals surface area contributed by atoms with Crippen molar-refractivity contribution in [2.75, 3.05) is 26.2 Å². The Morgan fingerprint density at radius 2 is 1.81 bits per heavy atom. The van der Waals surface area contributed by atoms with E-state index in [2.05, 4.69) is 10.2 Å². The van der Waals surface area contributed by atoms with E-state index in [4.69, 9.17) is 0 Å². The van der Waals surface area contributed by atoms with Gasteiger partial charge in [0.15, 0.2) is 0 Å². The van der Waals surface area contributed by atoms with Gasteiger partial charge in [0.1, 0.15) is 0 Å². The van der Waals surface area contributed by atoms with E-state index in [0.717, 1.165) is 42.6 Å². The number of hydrogen-bond acceptors (Lipinski definition) is 3. The number of unbranched alkanes of at least 4 members (excludes halogenated alkanes) is 1. The van der Waals surface area contributed by atoms with Gasteiger partial charge < -0.3 is 15.3 Å². The van der Waals surface area contributed by atoms with Crippen molar-refractivity contribution in [2.24, 2.45) is 0 Å². The zero-order chi connectivity index (χ0) is 19.1. The molecule has 3 rings (SSSR count). The lowest BCUT2D eigenvalue weighted by molar-refractivity contribution is 0.0952. The molecule has 2 N–H and O–H groups in total. The molecule has 0 saturated carbocycles. The summed E-state index contributed by atoms with van der Waals surface area (Å²) in [5.74, 6) is -0.0152. The van der Waals surface area contributed by atoms with E-state index in [1.165, 1.54) is 25.9 Å². The van der Waals surface area contributed by atoms with E-state index < -0.39 is 6.10 Å². The lowest BCUT2D eigenvalue weighted by Gasteiger charge is -2.14. The minimum atomic E-state index is -0.471. The molecular weight excluding hydrogens is 336 g/mol. The average Bonchev–Trinajstić information content (AvgIpc) is 3.21. The molecule has 1 atom stereocenters. The quantitative estimate of drug-likeness (QED) is 0.694. The molecule has 2 aromatic carbocycles. The van der Waals surface area contributed by atoms with Crippen molar-refractivity contribution < 1.29 is 9.90 Å². The zero-order valence-corrected chi connectivity index (χ0v) is 16.2. The van der Waals surface area contributed by atoms with Crippen LogP contribution in [0.1, 0.15) is 54.6 Å². The molecule has 27 heavy (non-hydrogen) atoms. The van der Waals surface area contributed by atoms with Gasteiger partial charge in [-0.2, -0.15) is 0 Å². The van der Waals surface area contributed by atoms with E-state index >= 15 is 0 Å². The third kappa shape index (κ3) is 5.65. The van der Waals surface area contributed by atoms with Gasteiger partial charge in [0.05, 0.1) is 6.10 Å². The number of likely N-dealkylation sites (tertiary alicyclic amines) is 1. The number of carbonyl (C=O) groups is 1. The van der Waals surface area contributed by atoms with E-state index in [9.17, 15) is 9.90 Å². The van der Waals surface area contributed by atoms with Crippen LogP contribution in [0.5, 0.6) is 0 Å². The topological polar surface area (TPSA) is 52.6 Å². The number of amides is 1. The molecule has 1 heterocycles. The maximum absolute atomic E-state index is 12.4. The van der Waals surface area contributed by atoms with Crippen molar-refractivity contribution in [1.29, 1.82) is 0 Å². The van der Waals surface area contributed by atoms with E-state index in [-0.39, 0.29) is 5.91 Å². The van der Waals surface area contributed by atoms with Gasteiger partial charge in [-0.1, -0.05) is 36.4 Å². The third-order valence-electron chi connectivity index (χ3n) is 5.24. The summed E-state index contributed by atoms with van der Waals surface area (Å²) in [6.45, 7) is 6.09. The molecule has 0 radical (unpaired) electrons. The monoisotopic (exact) mass is 366 g/mol. The first kappa shape index (κ1) is 19.6. The van der Waals surface area contributed by atoms with Crippen LogP contribution < -0.4 is 5.32 Å². The minimum absolute atomic E-state index is 0.0152. The summed E-state index contributed by atoms with van der Waals surface area (Å²) in [5.41, 5.74) is 3.63. The van der Waals surface area contributed by atoms with Crippen LogP contribution in [0.25, 0.3) is 11.1 Å². The Labute approximate surface area is 162 Å². The number of carbonyl (C=O) groups excluding carboxylic acids is 1. The fraction of sp³-hybridized carbons (Fsp3) is 0.435. The minimum Gasteiger partial charge on any atom is -0.389 e. The van der Waals surface area contributed by atoms with Gasteiger partial charge in [0.25, 0.3) is 5.91 Å². The molecule has 144 valence electrons. The van der Waals surface area contributed by atoms with Gasteiger partial charge in [-0.05, 0) is 81.1 Å². The van der Waals surface area contributed by atoms with Crippen molar-refractivity contribution >= 4 is 5.91 Å².